The summed E-state index contributed by atoms with van der Waals surface area (Å²) in [5, 5.41) is 8.28. The van der Waals surface area contributed by atoms with Gasteiger partial charge in [-0.25, -0.2) is 0 Å². The van der Waals surface area contributed by atoms with Crippen molar-refractivity contribution in [1.29, 1.82) is 0 Å². The van der Waals surface area contributed by atoms with Gasteiger partial charge in [0.15, 0.2) is 11.7 Å². The molecule has 2 rings (SSSR count). The molecule has 1 amide bonds. The van der Waals surface area contributed by atoms with Gasteiger partial charge in [0.25, 0.3) is 5.91 Å². The molecule has 1 aromatic carbocycles. The van der Waals surface area contributed by atoms with Crippen molar-refractivity contribution in [3.8, 4) is 5.75 Å². The smallest absolute Gasteiger partial charge is 0.260 e. The van der Waals surface area contributed by atoms with E-state index in [9.17, 15) is 4.79 Å². The largest absolute Gasteiger partial charge is 0.484 e. The van der Waals surface area contributed by atoms with Gasteiger partial charge < -0.3 is 15.0 Å². The van der Waals surface area contributed by atoms with E-state index < -0.39 is 0 Å². The van der Waals surface area contributed by atoms with Crippen LogP contribution in [0.4, 0.5) is 0 Å². The molecule has 1 aliphatic carbocycles. The Morgan fingerprint density at radius 3 is 2.43 bits per heavy atom. The standard InChI is InChI=1S/C21H32N4O2S/c1-4-25(5-2)20(26)15-27-19-13-11-17(12-14-19)16(3)23-24-21(28)22-18-9-7-6-8-10-18/h11-14,18H,4-10,15H2,1-3H3,(H2,22,24,28)/b23-16-. The van der Waals surface area contributed by atoms with Crippen molar-refractivity contribution in [3.63, 3.8) is 0 Å². The zero-order valence-corrected chi connectivity index (χ0v) is 18.0. The molecule has 154 valence electrons. The average Bonchev–Trinajstić information content (AvgIpc) is 2.72. The van der Waals surface area contributed by atoms with Crippen LogP contribution in [0.3, 0.4) is 0 Å². The number of hydrazone groups is 1. The number of thiocarbonyl (C=S) groups is 1. The van der Waals surface area contributed by atoms with Crippen molar-refractivity contribution in [2.24, 2.45) is 5.10 Å². The summed E-state index contributed by atoms with van der Waals surface area (Å²) < 4.78 is 5.59. The molecule has 1 saturated carbocycles. The average molecular weight is 405 g/mol. The number of nitrogens with zero attached hydrogens (tertiary/aromatic N) is 2. The van der Waals surface area contributed by atoms with Crippen LogP contribution in [0.5, 0.6) is 5.75 Å². The van der Waals surface area contributed by atoms with Gasteiger partial charge in [0.05, 0.1) is 5.71 Å². The minimum absolute atomic E-state index is 0.00463. The molecule has 0 aliphatic heterocycles. The molecular formula is C21H32N4O2S. The van der Waals surface area contributed by atoms with Gasteiger partial charge in [-0.3, -0.25) is 10.2 Å². The first-order valence-corrected chi connectivity index (χ1v) is 10.6. The first-order chi connectivity index (χ1) is 13.5. The number of nitrogens with one attached hydrogen (secondary N) is 2. The van der Waals surface area contributed by atoms with E-state index in [4.69, 9.17) is 17.0 Å². The predicted molar refractivity (Wildman–Crippen MR) is 118 cm³/mol. The summed E-state index contributed by atoms with van der Waals surface area (Å²) in [5.41, 5.74) is 4.74. The fraction of sp³-hybridized carbons (Fsp3) is 0.571. The summed E-state index contributed by atoms with van der Waals surface area (Å²) in [5.74, 6) is 0.662. The Kier molecular flexibility index (Phi) is 9.20. The van der Waals surface area contributed by atoms with Crippen LogP contribution in [-0.4, -0.2) is 47.4 Å². The second-order valence-electron chi connectivity index (χ2n) is 7.00. The van der Waals surface area contributed by atoms with Crippen molar-refractivity contribution in [3.05, 3.63) is 29.8 Å². The number of amides is 1. The minimum Gasteiger partial charge on any atom is -0.484 e. The van der Waals surface area contributed by atoms with Crippen LogP contribution in [0.2, 0.25) is 0 Å². The van der Waals surface area contributed by atoms with Crippen molar-refractivity contribution in [2.75, 3.05) is 19.7 Å². The molecule has 7 heteroatoms. The fourth-order valence-corrected chi connectivity index (χ4v) is 3.48. The number of hydrogen-bond donors (Lipinski definition) is 2. The van der Waals surface area contributed by atoms with Crippen molar-refractivity contribution in [1.82, 2.24) is 15.6 Å². The summed E-state index contributed by atoms with van der Waals surface area (Å²) in [6, 6.07) is 8.01. The highest BCUT2D eigenvalue weighted by atomic mass is 32.1. The van der Waals surface area contributed by atoms with Gasteiger partial charge >= 0.3 is 0 Å². The molecule has 28 heavy (non-hydrogen) atoms. The third kappa shape index (κ3) is 7.11. The van der Waals surface area contributed by atoms with Crippen LogP contribution in [0.25, 0.3) is 0 Å². The number of rotatable bonds is 8. The molecule has 1 fully saturated rings. The van der Waals surface area contributed by atoms with Crippen LogP contribution >= 0.6 is 12.2 Å². The van der Waals surface area contributed by atoms with E-state index in [1.165, 1.54) is 32.1 Å². The number of carbonyl (C=O) groups excluding carboxylic acids is 1. The second-order valence-corrected chi connectivity index (χ2v) is 7.40. The Labute approximate surface area is 173 Å². The van der Waals surface area contributed by atoms with Crippen LogP contribution in [0.1, 0.15) is 58.4 Å². The molecule has 0 radical (unpaired) electrons. The summed E-state index contributed by atoms with van der Waals surface area (Å²) in [7, 11) is 0. The van der Waals surface area contributed by atoms with Crippen molar-refractivity contribution < 1.29 is 9.53 Å². The van der Waals surface area contributed by atoms with E-state index in [1.54, 1.807) is 4.90 Å². The molecule has 0 spiro atoms. The molecule has 2 N–H and O–H groups in total. The molecule has 0 atom stereocenters. The highest BCUT2D eigenvalue weighted by Crippen LogP contribution is 2.17. The van der Waals surface area contributed by atoms with Crippen molar-refractivity contribution >= 4 is 28.9 Å². The summed E-state index contributed by atoms with van der Waals surface area (Å²) in [6.07, 6.45) is 6.18. The molecule has 0 unspecified atom stereocenters. The Bertz CT molecular complexity index is 665. The lowest BCUT2D eigenvalue weighted by Crippen LogP contribution is -2.41. The Morgan fingerprint density at radius 1 is 1.18 bits per heavy atom. The zero-order chi connectivity index (χ0) is 20.4. The molecule has 1 aliphatic rings. The lowest BCUT2D eigenvalue weighted by atomic mass is 9.96. The summed E-state index contributed by atoms with van der Waals surface area (Å²) >= 11 is 5.34. The van der Waals surface area contributed by atoms with Crippen LogP contribution in [-0.2, 0) is 4.79 Å². The first kappa shape index (κ1) is 22.1. The normalized spacial score (nSPS) is 15.0. The van der Waals surface area contributed by atoms with Gasteiger partial charge in [-0.2, -0.15) is 5.10 Å². The summed E-state index contributed by atoms with van der Waals surface area (Å²) in [4.78, 5) is 13.8. The molecule has 1 aromatic rings. The SMILES string of the molecule is CCN(CC)C(=O)COc1ccc(/C(C)=N\NC(=S)NC2CCCCC2)cc1. The molecule has 0 aromatic heterocycles. The third-order valence-electron chi connectivity index (χ3n) is 5.02. The van der Waals surface area contributed by atoms with E-state index in [0.717, 1.165) is 11.3 Å². The fourth-order valence-electron chi connectivity index (χ4n) is 3.27. The highest BCUT2D eigenvalue weighted by molar-refractivity contribution is 7.80. The van der Waals surface area contributed by atoms with E-state index in [0.29, 0.717) is 30.0 Å². The van der Waals surface area contributed by atoms with Gasteiger partial charge in [0.2, 0.25) is 0 Å². The monoisotopic (exact) mass is 404 g/mol. The first-order valence-electron chi connectivity index (χ1n) is 10.1. The molecular weight excluding hydrogens is 372 g/mol. The van der Waals surface area contributed by atoms with Crippen LogP contribution in [0, 0.1) is 0 Å². The lowest BCUT2D eigenvalue weighted by molar-refractivity contribution is -0.132. The highest BCUT2D eigenvalue weighted by Gasteiger charge is 2.14. The maximum absolute atomic E-state index is 12.0. The van der Waals surface area contributed by atoms with Gasteiger partial charge in [-0.1, -0.05) is 19.3 Å². The molecule has 0 heterocycles. The maximum Gasteiger partial charge on any atom is 0.260 e. The van der Waals surface area contributed by atoms with Gasteiger partial charge in [0.1, 0.15) is 5.75 Å². The van der Waals surface area contributed by atoms with E-state index in [1.807, 2.05) is 45.0 Å². The van der Waals surface area contributed by atoms with Gasteiger partial charge in [-0.05, 0) is 75.7 Å². The number of benzene rings is 1. The topological polar surface area (TPSA) is 66.0 Å². The minimum atomic E-state index is -0.00463. The van der Waals surface area contributed by atoms with Crippen LogP contribution in [0.15, 0.2) is 29.4 Å². The molecule has 6 nitrogen and oxygen atoms in total. The number of hydrogen-bond acceptors (Lipinski definition) is 4. The van der Waals surface area contributed by atoms with Crippen molar-refractivity contribution in [2.45, 2.75) is 58.9 Å². The maximum atomic E-state index is 12.0. The Hall–Kier alpha value is -2.15. The number of ether oxygens (including phenoxy) is 1. The summed E-state index contributed by atoms with van der Waals surface area (Å²) in [6.45, 7) is 7.29. The number of likely N-dealkylation sites (N-methyl/N-ethyl adjacent to an activating group) is 1. The molecule has 0 bridgehead atoms. The third-order valence-corrected chi connectivity index (χ3v) is 5.23. The Morgan fingerprint density at radius 2 is 1.82 bits per heavy atom. The Balaban J connectivity index is 1.81. The van der Waals surface area contributed by atoms with Gasteiger partial charge in [0, 0.05) is 19.1 Å². The van der Waals surface area contributed by atoms with Crippen LogP contribution < -0.4 is 15.5 Å². The second kappa shape index (κ2) is 11.6. The molecule has 0 saturated heterocycles. The quantitative estimate of drug-likeness (QED) is 0.395. The lowest BCUT2D eigenvalue weighted by Gasteiger charge is -2.23. The zero-order valence-electron chi connectivity index (χ0n) is 17.2. The van der Waals surface area contributed by atoms with Gasteiger partial charge in [-0.15, -0.1) is 0 Å². The van der Waals surface area contributed by atoms with E-state index in [-0.39, 0.29) is 12.5 Å². The predicted octanol–water partition coefficient (Wildman–Crippen LogP) is 3.45. The van der Waals surface area contributed by atoms with E-state index in [2.05, 4.69) is 15.8 Å². The van der Waals surface area contributed by atoms with E-state index >= 15 is 0 Å². The number of carbonyl (C=O) groups is 1.